The van der Waals surface area contributed by atoms with E-state index in [1.807, 2.05) is 0 Å². The quantitative estimate of drug-likeness (QED) is 0.715. The minimum Gasteiger partial charge on any atom is -0.481 e. The normalized spacial score (nSPS) is 31.7. The Morgan fingerprint density at radius 3 is 2.53 bits per heavy atom. The van der Waals surface area contributed by atoms with Crippen LogP contribution < -0.4 is 5.73 Å². The van der Waals surface area contributed by atoms with Gasteiger partial charge in [-0.2, -0.15) is 0 Å². The molecule has 1 aliphatic carbocycles. The maximum atomic E-state index is 11.6. The zero-order chi connectivity index (χ0) is 11.7. The van der Waals surface area contributed by atoms with Crippen molar-refractivity contribution >= 4 is 15.8 Å². The Bertz CT molecular complexity index is 351. The molecule has 0 radical (unpaired) electrons. The zero-order valence-electron chi connectivity index (χ0n) is 8.77. The van der Waals surface area contributed by atoms with Gasteiger partial charge in [-0.05, 0) is 19.3 Å². The van der Waals surface area contributed by atoms with Crippen LogP contribution in [0.2, 0.25) is 0 Å². The Hall–Kier alpha value is -0.620. The SMILES string of the molecule is CCS(=O)(=O)[C@H]1CC[C@@](CN)(C(=O)O)C1. The van der Waals surface area contributed by atoms with Crippen LogP contribution in [0, 0.1) is 5.41 Å². The molecule has 6 heteroatoms. The lowest BCUT2D eigenvalue weighted by Gasteiger charge is -2.21. The molecule has 15 heavy (non-hydrogen) atoms. The molecule has 88 valence electrons. The highest BCUT2D eigenvalue weighted by Gasteiger charge is 2.47. The average Bonchev–Trinajstić information content (AvgIpc) is 2.63. The van der Waals surface area contributed by atoms with E-state index in [4.69, 9.17) is 10.8 Å². The fourth-order valence-electron chi connectivity index (χ4n) is 2.09. The summed E-state index contributed by atoms with van der Waals surface area (Å²) < 4.78 is 23.2. The van der Waals surface area contributed by atoms with E-state index in [9.17, 15) is 13.2 Å². The van der Waals surface area contributed by atoms with Crippen molar-refractivity contribution in [1.82, 2.24) is 0 Å². The van der Waals surface area contributed by atoms with Crippen LogP contribution in [0.15, 0.2) is 0 Å². The standard InChI is InChI=1S/C9H17NO4S/c1-2-15(13,14)7-3-4-9(5-7,6-10)8(11)12/h7H,2-6,10H2,1H3,(H,11,12)/t7-,9+/m0/s1. The van der Waals surface area contributed by atoms with Crippen molar-refractivity contribution < 1.29 is 18.3 Å². The van der Waals surface area contributed by atoms with Gasteiger partial charge in [0.15, 0.2) is 9.84 Å². The highest BCUT2D eigenvalue weighted by molar-refractivity contribution is 7.92. The lowest BCUT2D eigenvalue weighted by Crippen LogP contribution is -2.37. The number of carbonyl (C=O) groups is 1. The van der Waals surface area contributed by atoms with Crippen molar-refractivity contribution in [2.75, 3.05) is 12.3 Å². The molecule has 1 rings (SSSR count). The average molecular weight is 235 g/mol. The molecule has 5 nitrogen and oxygen atoms in total. The fraction of sp³-hybridized carbons (Fsp3) is 0.889. The van der Waals surface area contributed by atoms with Gasteiger partial charge in [0.2, 0.25) is 0 Å². The van der Waals surface area contributed by atoms with Crippen LogP contribution in [0.3, 0.4) is 0 Å². The van der Waals surface area contributed by atoms with Gasteiger partial charge in [-0.1, -0.05) is 6.92 Å². The topological polar surface area (TPSA) is 97.5 Å². The first-order valence-electron chi connectivity index (χ1n) is 5.03. The molecule has 0 aromatic heterocycles. The molecular formula is C9H17NO4S. The summed E-state index contributed by atoms with van der Waals surface area (Å²) in [6.07, 6.45) is 0.942. The first-order chi connectivity index (χ1) is 6.88. The number of carboxylic acids is 1. The van der Waals surface area contributed by atoms with Gasteiger partial charge in [0.25, 0.3) is 0 Å². The highest BCUT2D eigenvalue weighted by atomic mass is 32.2. The Labute approximate surface area is 89.6 Å². The predicted molar refractivity (Wildman–Crippen MR) is 56.2 cm³/mol. The predicted octanol–water partition coefficient (Wildman–Crippen LogP) is 0.00330. The van der Waals surface area contributed by atoms with Gasteiger partial charge in [-0.25, -0.2) is 8.42 Å². The number of aliphatic carboxylic acids is 1. The van der Waals surface area contributed by atoms with E-state index in [0.717, 1.165) is 0 Å². The third kappa shape index (κ3) is 2.15. The summed E-state index contributed by atoms with van der Waals surface area (Å²) in [5.74, 6) is -0.906. The molecule has 0 bridgehead atoms. The second kappa shape index (κ2) is 4.09. The molecule has 0 aromatic carbocycles. The minimum absolute atomic E-state index is 0.0120. The van der Waals surface area contributed by atoms with Crippen LogP contribution in [0.5, 0.6) is 0 Å². The molecule has 0 spiro atoms. The maximum Gasteiger partial charge on any atom is 0.310 e. The fourth-order valence-corrected chi connectivity index (χ4v) is 3.61. The second-order valence-electron chi connectivity index (χ2n) is 4.11. The van der Waals surface area contributed by atoms with Gasteiger partial charge in [-0.15, -0.1) is 0 Å². The first kappa shape index (κ1) is 12.4. The molecule has 2 atom stereocenters. The lowest BCUT2D eigenvalue weighted by molar-refractivity contribution is -0.147. The van der Waals surface area contributed by atoms with Gasteiger partial charge in [-0.3, -0.25) is 4.79 Å². The lowest BCUT2D eigenvalue weighted by atomic mass is 9.87. The Morgan fingerprint density at radius 1 is 1.60 bits per heavy atom. The summed E-state index contributed by atoms with van der Waals surface area (Å²) in [5.41, 5.74) is 4.42. The van der Waals surface area contributed by atoms with Gasteiger partial charge >= 0.3 is 5.97 Å². The van der Waals surface area contributed by atoms with Crippen LogP contribution in [0.1, 0.15) is 26.2 Å². The maximum absolute atomic E-state index is 11.6. The molecule has 0 saturated heterocycles. The number of rotatable bonds is 4. The monoisotopic (exact) mass is 235 g/mol. The van der Waals surface area contributed by atoms with E-state index in [1.165, 1.54) is 0 Å². The minimum atomic E-state index is -3.13. The number of carboxylic acid groups (broad SMARTS) is 1. The van der Waals surface area contributed by atoms with Gasteiger partial charge in [0.05, 0.1) is 10.7 Å². The number of sulfone groups is 1. The third-order valence-electron chi connectivity index (χ3n) is 3.32. The Kier molecular flexibility index (Phi) is 3.40. The molecule has 1 saturated carbocycles. The summed E-state index contributed by atoms with van der Waals surface area (Å²) in [6.45, 7) is 1.59. The van der Waals surface area contributed by atoms with Crippen LogP contribution in [0.25, 0.3) is 0 Å². The largest absolute Gasteiger partial charge is 0.481 e. The van der Waals surface area contributed by atoms with Crippen molar-refractivity contribution in [3.63, 3.8) is 0 Å². The Balaban J connectivity index is 2.87. The van der Waals surface area contributed by atoms with E-state index < -0.39 is 26.5 Å². The molecule has 1 aliphatic rings. The van der Waals surface area contributed by atoms with Crippen molar-refractivity contribution in [1.29, 1.82) is 0 Å². The summed E-state index contributed by atoms with van der Waals surface area (Å²) in [5, 5.41) is 8.52. The number of hydrogen-bond donors (Lipinski definition) is 2. The number of hydrogen-bond acceptors (Lipinski definition) is 4. The van der Waals surface area contributed by atoms with E-state index in [2.05, 4.69) is 0 Å². The van der Waals surface area contributed by atoms with Crippen LogP contribution in [-0.2, 0) is 14.6 Å². The van der Waals surface area contributed by atoms with Gasteiger partial charge < -0.3 is 10.8 Å². The molecular weight excluding hydrogens is 218 g/mol. The van der Waals surface area contributed by atoms with Crippen LogP contribution in [-0.4, -0.2) is 37.0 Å². The first-order valence-corrected chi connectivity index (χ1v) is 6.74. The Morgan fingerprint density at radius 2 is 2.20 bits per heavy atom. The van der Waals surface area contributed by atoms with E-state index >= 15 is 0 Å². The highest BCUT2D eigenvalue weighted by Crippen LogP contribution is 2.40. The zero-order valence-corrected chi connectivity index (χ0v) is 9.59. The van der Waals surface area contributed by atoms with Crippen molar-refractivity contribution in [3.8, 4) is 0 Å². The molecule has 0 amide bonds. The molecule has 0 aromatic rings. The second-order valence-corrected chi connectivity index (χ2v) is 6.68. The van der Waals surface area contributed by atoms with Crippen molar-refractivity contribution in [3.05, 3.63) is 0 Å². The number of nitrogens with two attached hydrogens (primary N) is 1. The van der Waals surface area contributed by atoms with E-state index in [-0.39, 0.29) is 18.7 Å². The molecule has 1 fully saturated rings. The molecule has 0 aliphatic heterocycles. The molecule has 0 heterocycles. The molecule has 0 unspecified atom stereocenters. The van der Waals surface area contributed by atoms with E-state index in [0.29, 0.717) is 12.8 Å². The summed E-state index contributed by atoms with van der Waals surface area (Å²) >= 11 is 0. The van der Waals surface area contributed by atoms with Gasteiger partial charge in [0, 0.05) is 12.3 Å². The summed E-state index contributed by atoms with van der Waals surface area (Å²) in [4.78, 5) is 11.0. The summed E-state index contributed by atoms with van der Waals surface area (Å²) in [6, 6.07) is 0. The van der Waals surface area contributed by atoms with Crippen LogP contribution in [0.4, 0.5) is 0 Å². The third-order valence-corrected chi connectivity index (χ3v) is 5.54. The smallest absolute Gasteiger partial charge is 0.310 e. The van der Waals surface area contributed by atoms with Gasteiger partial charge in [0.1, 0.15) is 0 Å². The summed E-state index contributed by atoms with van der Waals surface area (Å²) in [7, 11) is -3.13. The van der Waals surface area contributed by atoms with Crippen molar-refractivity contribution in [2.24, 2.45) is 11.1 Å². The van der Waals surface area contributed by atoms with Crippen molar-refractivity contribution in [2.45, 2.75) is 31.4 Å². The van der Waals surface area contributed by atoms with Crippen LogP contribution >= 0.6 is 0 Å². The molecule has 3 N–H and O–H groups in total. The van der Waals surface area contributed by atoms with E-state index in [1.54, 1.807) is 6.92 Å².